The van der Waals surface area contributed by atoms with Gasteiger partial charge in [-0.25, -0.2) is 8.42 Å². The monoisotopic (exact) mass is 441 g/mol. The van der Waals surface area contributed by atoms with E-state index in [1.807, 2.05) is 0 Å². The highest BCUT2D eigenvalue weighted by Gasteiger charge is 2.29. The molecule has 1 aliphatic carbocycles. The maximum atomic E-state index is 12.6. The van der Waals surface area contributed by atoms with Crippen molar-refractivity contribution in [2.24, 2.45) is 10.9 Å². The van der Waals surface area contributed by atoms with E-state index >= 15 is 0 Å². The Balaban J connectivity index is 1.45. The SMILES string of the molecule is CCOC(CCNC(=NC)N1CCN(S(=O)(=O)Cc2ccon2)CC1)C1CCCC1. The van der Waals surface area contributed by atoms with Crippen LogP contribution in [0.1, 0.15) is 44.7 Å². The lowest BCUT2D eigenvalue weighted by Gasteiger charge is -2.36. The number of guanidine groups is 1. The van der Waals surface area contributed by atoms with E-state index in [0.29, 0.717) is 43.9 Å². The Labute approximate surface area is 179 Å². The highest BCUT2D eigenvalue weighted by molar-refractivity contribution is 7.88. The van der Waals surface area contributed by atoms with Crippen LogP contribution in [0.4, 0.5) is 0 Å². The van der Waals surface area contributed by atoms with E-state index in [9.17, 15) is 8.42 Å². The maximum absolute atomic E-state index is 12.6. The second-order valence-corrected chi connectivity index (χ2v) is 9.90. The summed E-state index contributed by atoms with van der Waals surface area (Å²) in [6, 6.07) is 1.58. The van der Waals surface area contributed by atoms with Crippen LogP contribution >= 0.6 is 0 Å². The van der Waals surface area contributed by atoms with Gasteiger partial charge in [-0.2, -0.15) is 4.31 Å². The number of aromatic nitrogens is 1. The summed E-state index contributed by atoms with van der Waals surface area (Å²) in [4.78, 5) is 6.52. The van der Waals surface area contributed by atoms with E-state index < -0.39 is 10.0 Å². The van der Waals surface area contributed by atoms with E-state index in [2.05, 4.69) is 27.3 Å². The van der Waals surface area contributed by atoms with Gasteiger partial charge in [-0.1, -0.05) is 18.0 Å². The molecule has 0 aromatic carbocycles. The van der Waals surface area contributed by atoms with Gasteiger partial charge < -0.3 is 19.5 Å². The van der Waals surface area contributed by atoms with Crippen LogP contribution in [-0.4, -0.2) is 81.2 Å². The molecule has 2 heterocycles. The number of hydrogen-bond acceptors (Lipinski definition) is 6. The average Bonchev–Trinajstić information content (AvgIpc) is 3.44. The zero-order chi connectivity index (χ0) is 21.4. The molecular formula is C20H35N5O4S. The molecule has 0 spiro atoms. The van der Waals surface area contributed by atoms with E-state index in [4.69, 9.17) is 9.26 Å². The van der Waals surface area contributed by atoms with E-state index in [0.717, 1.165) is 25.5 Å². The lowest BCUT2D eigenvalue weighted by molar-refractivity contribution is 0.0168. The summed E-state index contributed by atoms with van der Waals surface area (Å²) in [5, 5.41) is 7.16. The third kappa shape index (κ3) is 6.18. The summed E-state index contributed by atoms with van der Waals surface area (Å²) >= 11 is 0. The predicted octanol–water partition coefficient (Wildman–Crippen LogP) is 1.68. The topological polar surface area (TPSA) is 100 Å². The van der Waals surface area contributed by atoms with Crippen molar-refractivity contribution in [2.45, 2.75) is 50.9 Å². The first-order valence-corrected chi connectivity index (χ1v) is 12.6. The molecule has 10 heteroatoms. The number of nitrogens with one attached hydrogen (secondary N) is 1. The molecule has 0 amide bonds. The number of piperazine rings is 1. The number of rotatable bonds is 9. The van der Waals surface area contributed by atoms with Crippen molar-refractivity contribution in [2.75, 3.05) is 46.4 Å². The number of hydrogen-bond donors (Lipinski definition) is 1. The van der Waals surface area contributed by atoms with Gasteiger partial charge in [0.25, 0.3) is 0 Å². The van der Waals surface area contributed by atoms with Gasteiger partial charge in [-0.15, -0.1) is 0 Å². The lowest BCUT2D eigenvalue weighted by Crippen LogP contribution is -2.54. The van der Waals surface area contributed by atoms with Crippen LogP contribution in [0.2, 0.25) is 0 Å². The minimum absolute atomic E-state index is 0.129. The first kappa shape index (κ1) is 23.0. The fourth-order valence-corrected chi connectivity index (χ4v) is 5.85. The quantitative estimate of drug-likeness (QED) is 0.460. The fourth-order valence-electron chi connectivity index (χ4n) is 4.43. The smallest absolute Gasteiger partial charge is 0.220 e. The van der Waals surface area contributed by atoms with Gasteiger partial charge in [-0.3, -0.25) is 4.99 Å². The number of ether oxygens (including phenoxy) is 1. The summed E-state index contributed by atoms with van der Waals surface area (Å²) in [6.45, 7) is 5.70. The van der Waals surface area contributed by atoms with Crippen LogP contribution in [0.5, 0.6) is 0 Å². The van der Waals surface area contributed by atoms with Crippen LogP contribution < -0.4 is 5.32 Å². The fraction of sp³-hybridized carbons (Fsp3) is 0.800. The van der Waals surface area contributed by atoms with Crippen LogP contribution in [-0.2, 0) is 20.5 Å². The van der Waals surface area contributed by atoms with Gasteiger partial charge in [-0.05, 0) is 32.1 Å². The molecule has 1 saturated carbocycles. The molecule has 1 unspecified atom stereocenters. The van der Waals surface area contributed by atoms with Crippen molar-refractivity contribution >= 4 is 16.0 Å². The van der Waals surface area contributed by atoms with Crippen LogP contribution in [0.25, 0.3) is 0 Å². The summed E-state index contributed by atoms with van der Waals surface area (Å²) in [6.07, 6.45) is 7.82. The number of nitrogens with zero attached hydrogens (tertiary/aromatic N) is 4. The molecule has 2 fully saturated rings. The molecule has 1 aliphatic heterocycles. The third-order valence-corrected chi connectivity index (χ3v) is 7.80. The standard InChI is InChI=1S/C20H35N5O4S/c1-3-28-19(17-6-4-5-7-17)8-10-22-20(21-2)24-11-13-25(14-12-24)30(26,27)16-18-9-15-29-23-18/h9,15,17,19H,3-8,10-14,16H2,1-2H3,(H,21,22). The summed E-state index contributed by atoms with van der Waals surface area (Å²) in [5.74, 6) is 1.37. The second kappa shape index (κ2) is 11.1. The first-order valence-electron chi connectivity index (χ1n) is 11.0. The van der Waals surface area contributed by atoms with Crippen molar-refractivity contribution in [3.05, 3.63) is 18.0 Å². The van der Waals surface area contributed by atoms with Crippen molar-refractivity contribution in [1.82, 2.24) is 19.7 Å². The van der Waals surface area contributed by atoms with Gasteiger partial charge in [0.2, 0.25) is 10.0 Å². The van der Waals surface area contributed by atoms with Crippen LogP contribution in [0.3, 0.4) is 0 Å². The van der Waals surface area contributed by atoms with E-state index in [1.54, 1.807) is 13.1 Å². The molecule has 0 radical (unpaired) electrons. The van der Waals surface area contributed by atoms with Crippen LogP contribution in [0.15, 0.2) is 21.8 Å². The molecule has 1 aromatic rings. The molecule has 2 aliphatic rings. The van der Waals surface area contributed by atoms with Gasteiger partial charge in [0.15, 0.2) is 5.96 Å². The highest BCUT2D eigenvalue weighted by Crippen LogP contribution is 2.30. The minimum Gasteiger partial charge on any atom is -0.378 e. The normalized spacial score (nSPS) is 20.6. The summed E-state index contributed by atoms with van der Waals surface area (Å²) in [7, 11) is -1.63. The maximum Gasteiger partial charge on any atom is 0.220 e. The zero-order valence-corrected chi connectivity index (χ0v) is 18.9. The zero-order valence-electron chi connectivity index (χ0n) is 18.1. The Morgan fingerprint density at radius 2 is 2.07 bits per heavy atom. The Morgan fingerprint density at radius 3 is 2.67 bits per heavy atom. The van der Waals surface area contributed by atoms with Crippen molar-refractivity contribution in [3.63, 3.8) is 0 Å². The molecule has 1 saturated heterocycles. The van der Waals surface area contributed by atoms with Crippen molar-refractivity contribution in [1.29, 1.82) is 0 Å². The molecule has 30 heavy (non-hydrogen) atoms. The van der Waals surface area contributed by atoms with Crippen molar-refractivity contribution in [3.8, 4) is 0 Å². The second-order valence-electron chi connectivity index (χ2n) is 7.93. The molecule has 1 N–H and O–H groups in total. The summed E-state index contributed by atoms with van der Waals surface area (Å²) in [5.41, 5.74) is 0.432. The molecule has 0 bridgehead atoms. The third-order valence-electron chi connectivity index (χ3n) is 5.98. The lowest BCUT2D eigenvalue weighted by atomic mass is 9.98. The molecule has 170 valence electrons. The van der Waals surface area contributed by atoms with E-state index in [1.165, 1.54) is 36.3 Å². The van der Waals surface area contributed by atoms with Gasteiger partial charge >= 0.3 is 0 Å². The summed E-state index contributed by atoms with van der Waals surface area (Å²) < 4.78 is 37.5. The first-order chi connectivity index (χ1) is 14.5. The van der Waals surface area contributed by atoms with Gasteiger partial charge in [0.05, 0.1) is 11.8 Å². The molecule has 1 atom stereocenters. The molecule has 1 aromatic heterocycles. The van der Waals surface area contributed by atoms with Crippen LogP contribution in [0, 0.1) is 5.92 Å². The molecule has 9 nitrogen and oxygen atoms in total. The Bertz CT molecular complexity index is 754. The van der Waals surface area contributed by atoms with Gasteiger partial charge in [0, 0.05) is 52.4 Å². The highest BCUT2D eigenvalue weighted by atomic mass is 32.2. The minimum atomic E-state index is -3.40. The van der Waals surface area contributed by atoms with Crippen molar-refractivity contribution < 1.29 is 17.7 Å². The average molecular weight is 442 g/mol. The van der Waals surface area contributed by atoms with Gasteiger partial charge in [0.1, 0.15) is 12.0 Å². The Kier molecular flexibility index (Phi) is 8.52. The Morgan fingerprint density at radius 1 is 1.33 bits per heavy atom. The number of sulfonamides is 1. The number of aliphatic imine (C=N–C) groups is 1. The largest absolute Gasteiger partial charge is 0.378 e. The van der Waals surface area contributed by atoms with E-state index in [-0.39, 0.29) is 5.75 Å². The Hall–Kier alpha value is -1.65. The molecule has 3 rings (SSSR count). The predicted molar refractivity (Wildman–Crippen MR) is 116 cm³/mol. The molecular weight excluding hydrogens is 406 g/mol.